The molecule has 0 amide bonds. The van der Waals surface area contributed by atoms with Crippen LogP contribution in [0.1, 0.15) is 26.3 Å². The largest absolute Gasteiger partial charge is 0.461 e. The predicted molar refractivity (Wildman–Crippen MR) is 84.1 cm³/mol. The van der Waals surface area contributed by atoms with E-state index in [9.17, 15) is 9.59 Å². The zero-order chi connectivity index (χ0) is 15.7. The van der Waals surface area contributed by atoms with E-state index in [1.54, 1.807) is 24.3 Å². The molecule has 0 saturated heterocycles. The molecule has 1 aliphatic rings. The van der Waals surface area contributed by atoms with Crippen LogP contribution in [0, 0.1) is 0 Å². The minimum absolute atomic E-state index is 0.0338. The van der Waals surface area contributed by atoms with E-state index in [0.717, 1.165) is 5.56 Å². The summed E-state index contributed by atoms with van der Waals surface area (Å²) in [6, 6.07) is 12.6. The number of nitrogens with zero attached hydrogens (tertiary/aromatic N) is 1. The number of likely N-dealkylation sites (N-methyl/N-ethyl adjacent to an activating group) is 1. The lowest BCUT2D eigenvalue weighted by atomic mass is 9.99. The summed E-state index contributed by atoms with van der Waals surface area (Å²) in [6.07, 6.45) is 0. The van der Waals surface area contributed by atoms with Crippen LogP contribution in [0.25, 0.3) is 11.1 Å². The van der Waals surface area contributed by atoms with Gasteiger partial charge in [-0.3, -0.25) is 4.79 Å². The summed E-state index contributed by atoms with van der Waals surface area (Å²) in [4.78, 5) is 26.7. The molecular weight excluding hydrogens is 278 g/mol. The van der Waals surface area contributed by atoms with E-state index in [1.165, 1.54) is 0 Å². The van der Waals surface area contributed by atoms with E-state index in [4.69, 9.17) is 4.74 Å². The van der Waals surface area contributed by atoms with Crippen molar-refractivity contribution in [3.63, 3.8) is 0 Å². The van der Waals surface area contributed by atoms with Crippen molar-refractivity contribution in [2.45, 2.75) is 0 Å². The first-order chi connectivity index (χ1) is 10.6. The summed E-state index contributed by atoms with van der Waals surface area (Å²) < 4.78 is 5.32. The van der Waals surface area contributed by atoms with E-state index in [1.807, 2.05) is 37.2 Å². The van der Waals surface area contributed by atoms with Crippen LogP contribution in [-0.4, -0.2) is 43.9 Å². The first-order valence-corrected chi connectivity index (χ1v) is 7.18. The molecule has 22 heavy (non-hydrogen) atoms. The molecule has 0 bridgehead atoms. The highest BCUT2D eigenvalue weighted by Gasteiger charge is 2.30. The summed E-state index contributed by atoms with van der Waals surface area (Å²) >= 11 is 0. The second-order valence-corrected chi connectivity index (χ2v) is 5.54. The molecule has 2 aromatic rings. The molecule has 0 saturated carbocycles. The maximum absolute atomic E-state index is 12.4. The molecule has 0 aliphatic heterocycles. The van der Waals surface area contributed by atoms with E-state index < -0.39 is 0 Å². The van der Waals surface area contributed by atoms with Gasteiger partial charge < -0.3 is 9.64 Å². The number of ether oxygens (including phenoxy) is 1. The molecule has 112 valence electrons. The molecule has 0 radical (unpaired) electrons. The fourth-order valence-electron chi connectivity index (χ4n) is 2.64. The predicted octanol–water partition coefficient (Wildman–Crippen LogP) is 2.62. The van der Waals surface area contributed by atoms with Gasteiger partial charge in [0.05, 0.1) is 5.56 Å². The van der Waals surface area contributed by atoms with Crippen LogP contribution in [0.5, 0.6) is 0 Å². The quantitative estimate of drug-likeness (QED) is 0.694. The van der Waals surface area contributed by atoms with Crippen molar-refractivity contribution in [1.82, 2.24) is 4.90 Å². The summed E-state index contributed by atoms with van der Waals surface area (Å²) in [5.74, 6) is -0.420. The Kier molecular flexibility index (Phi) is 3.77. The van der Waals surface area contributed by atoms with Crippen molar-refractivity contribution in [1.29, 1.82) is 0 Å². The van der Waals surface area contributed by atoms with Crippen molar-refractivity contribution in [3.05, 3.63) is 59.2 Å². The van der Waals surface area contributed by atoms with Gasteiger partial charge in [0, 0.05) is 23.2 Å². The highest BCUT2D eigenvalue weighted by Crippen LogP contribution is 2.38. The van der Waals surface area contributed by atoms with Gasteiger partial charge in [0.15, 0.2) is 5.78 Å². The second-order valence-electron chi connectivity index (χ2n) is 5.54. The number of ketones is 1. The zero-order valence-electron chi connectivity index (χ0n) is 12.6. The topological polar surface area (TPSA) is 46.6 Å². The highest BCUT2D eigenvalue weighted by molar-refractivity contribution is 6.24. The molecule has 0 heterocycles. The lowest BCUT2D eigenvalue weighted by Gasteiger charge is -2.12. The normalized spacial score (nSPS) is 12.2. The molecule has 0 fully saturated rings. The SMILES string of the molecule is CN(C)CCOC(=O)c1cccc2c1-c1ccccc1C2=O. The molecule has 2 aromatic carbocycles. The van der Waals surface area contributed by atoms with Gasteiger partial charge >= 0.3 is 5.97 Å². The number of rotatable bonds is 4. The number of benzene rings is 2. The van der Waals surface area contributed by atoms with Gasteiger partial charge in [0.1, 0.15) is 6.61 Å². The van der Waals surface area contributed by atoms with Crippen LogP contribution in [-0.2, 0) is 4.74 Å². The van der Waals surface area contributed by atoms with Crippen LogP contribution in [0.4, 0.5) is 0 Å². The van der Waals surface area contributed by atoms with E-state index >= 15 is 0 Å². The van der Waals surface area contributed by atoms with Gasteiger partial charge in [-0.2, -0.15) is 0 Å². The number of esters is 1. The summed E-state index contributed by atoms with van der Waals surface area (Å²) in [7, 11) is 3.84. The van der Waals surface area contributed by atoms with Crippen LogP contribution in [0.3, 0.4) is 0 Å². The number of hydrogen-bond acceptors (Lipinski definition) is 4. The summed E-state index contributed by atoms with van der Waals surface area (Å²) in [5.41, 5.74) is 3.17. The summed E-state index contributed by atoms with van der Waals surface area (Å²) in [5, 5.41) is 0. The molecule has 0 unspecified atom stereocenters. The van der Waals surface area contributed by atoms with E-state index in [2.05, 4.69) is 0 Å². The molecule has 3 rings (SSSR count). The minimum atomic E-state index is -0.386. The Morgan fingerprint density at radius 3 is 2.41 bits per heavy atom. The third kappa shape index (κ3) is 2.42. The molecule has 0 spiro atoms. The Bertz CT molecular complexity index is 750. The Balaban J connectivity index is 1.97. The fraction of sp³-hybridized carbons (Fsp3) is 0.222. The monoisotopic (exact) mass is 295 g/mol. The summed E-state index contributed by atoms with van der Waals surface area (Å²) in [6.45, 7) is 0.987. The van der Waals surface area contributed by atoms with E-state index in [-0.39, 0.29) is 11.8 Å². The van der Waals surface area contributed by atoms with Gasteiger partial charge in [-0.15, -0.1) is 0 Å². The first kappa shape index (κ1) is 14.5. The lowest BCUT2D eigenvalue weighted by Crippen LogP contribution is -2.20. The van der Waals surface area contributed by atoms with Crippen LogP contribution >= 0.6 is 0 Å². The van der Waals surface area contributed by atoms with Gasteiger partial charge in [-0.25, -0.2) is 4.79 Å². The maximum atomic E-state index is 12.4. The van der Waals surface area contributed by atoms with Crippen molar-refractivity contribution >= 4 is 11.8 Å². The lowest BCUT2D eigenvalue weighted by molar-refractivity contribution is 0.0483. The number of carbonyl (C=O) groups is 2. The third-order valence-electron chi connectivity index (χ3n) is 3.74. The molecule has 1 aliphatic carbocycles. The third-order valence-corrected chi connectivity index (χ3v) is 3.74. The standard InChI is InChI=1S/C18H17NO3/c1-19(2)10-11-22-18(21)15-9-5-8-14-16(15)12-6-3-4-7-13(12)17(14)20/h3-9H,10-11H2,1-2H3. The molecular formula is C18H17NO3. The van der Waals surface area contributed by atoms with Crippen molar-refractivity contribution in [3.8, 4) is 11.1 Å². The van der Waals surface area contributed by atoms with Crippen molar-refractivity contribution < 1.29 is 14.3 Å². The first-order valence-electron chi connectivity index (χ1n) is 7.18. The fourth-order valence-corrected chi connectivity index (χ4v) is 2.64. The second kappa shape index (κ2) is 5.73. The number of carbonyl (C=O) groups excluding carboxylic acids is 2. The smallest absolute Gasteiger partial charge is 0.338 e. The Morgan fingerprint density at radius 2 is 1.68 bits per heavy atom. The van der Waals surface area contributed by atoms with Gasteiger partial charge in [0.2, 0.25) is 0 Å². The maximum Gasteiger partial charge on any atom is 0.338 e. The average molecular weight is 295 g/mol. The minimum Gasteiger partial charge on any atom is -0.461 e. The Hall–Kier alpha value is -2.46. The van der Waals surface area contributed by atoms with E-state index in [0.29, 0.717) is 35.4 Å². The van der Waals surface area contributed by atoms with Gasteiger partial charge in [-0.1, -0.05) is 36.4 Å². The Morgan fingerprint density at radius 1 is 1.00 bits per heavy atom. The molecule has 4 heteroatoms. The van der Waals surface area contributed by atoms with Gasteiger partial charge in [-0.05, 0) is 25.7 Å². The molecule has 0 N–H and O–H groups in total. The molecule has 0 atom stereocenters. The Labute approximate surface area is 129 Å². The molecule has 0 aromatic heterocycles. The average Bonchev–Trinajstić information content (AvgIpc) is 2.81. The number of hydrogen-bond donors (Lipinski definition) is 0. The van der Waals surface area contributed by atoms with Crippen LogP contribution in [0.2, 0.25) is 0 Å². The zero-order valence-corrected chi connectivity index (χ0v) is 12.6. The van der Waals surface area contributed by atoms with Gasteiger partial charge in [0.25, 0.3) is 0 Å². The highest BCUT2D eigenvalue weighted by atomic mass is 16.5. The van der Waals surface area contributed by atoms with Crippen LogP contribution < -0.4 is 0 Å². The van der Waals surface area contributed by atoms with Crippen molar-refractivity contribution in [2.75, 3.05) is 27.2 Å². The number of fused-ring (bicyclic) bond motifs is 3. The van der Waals surface area contributed by atoms with Crippen molar-refractivity contribution in [2.24, 2.45) is 0 Å². The van der Waals surface area contributed by atoms with Crippen LogP contribution in [0.15, 0.2) is 42.5 Å². The molecule has 4 nitrogen and oxygen atoms in total.